The Hall–Kier alpha value is -3.22. The summed E-state index contributed by atoms with van der Waals surface area (Å²) in [6.45, 7) is 0.171. The summed E-state index contributed by atoms with van der Waals surface area (Å²) in [7, 11) is 0. The van der Waals surface area contributed by atoms with Gasteiger partial charge in [-0.1, -0.05) is 48.5 Å². The number of aliphatic hydroxyl groups excluding tert-OH is 1. The summed E-state index contributed by atoms with van der Waals surface area (Å²) < 4.78 is 14.5. The van der Waals surface area contributed by atoms with E-state index in [1.165, 1.54) is 46.0 Å². The van der Waals surface area contributed by atoms with Crippen molar-refractivity contribution in [3.05, 3.63) is 106 Å². The van der Waals surface area contributed by atoms with Crippen LogP contribution in [0.15, 0.2) is 83.8 Å². The molecule has 2 aromatic carbocycles. The Morgan fingerprint density at radius 3 is 2.30 bits per heavy atom. The smallest absolute Gasteiger partial charge is 0.271 e. The minimum absolute atomic E-state index is 0. The molecule has 1 amide bonds. The van der Waals surface area contributed by atoms with Crippen molar-refractivity contribution in [2.24, 2.45) is 0 Å². The topological polar surface area (TPSA) is 62.5 Å². The maximum Gasteiger partial charge on any atom is 0.271 e. The fourth-order valence-corrected chi connectivity index (χ4v) is 2.92. The second kappa shape index (κ2) is 11.1. The highest BCUT2D eigenvalue weighted by atomic mass is 35.5. The van der Waals surface area contributed by atoms with E-state index in [1.54, 1.807) is 18.2 Å². The summed E-state index contributed by atoms with van der Waals surface area (Å²) in [5.74, 6) is -0.807. The first kappa shape index (κ1) is 23.1. The van der Waals surface area contributed by atoms with Crippen LogP contribution in [0.4, 0.5) is 4.39 Å². The Kier molecular flexibility index (Phi) is 8.53. The molecular weight excluding hydrogens is 407 g/mol. The van der Waals surface area contributed by atoms with E-state index in [2.05, 4.69) is 0 Å². The molecule has 0 bridgehead atoms. The van der Waals surface area contributed by atoms with Crippen LogP contribution in [0.5, 0.6) is 0 Å². The van der Waals surface area contributed by atoms with Crippen LogP contribution in [-0.2, 0) is 11.3 Å². The van der Waals surface area contributed by atoms with Gasteiger partial charge in [0.25, 0.3) is 11.5 Å². The van der Waals surface area contributed by atoms with Crippen molar-refractivity contribution < 1.29 is 14.3 Å². The lowest BCUT2D eigenvalue weighted by molar-refractivity contribution is -0.126. The number of carbonyl (C=O) groups is 1. The summed E-state index contributed by atoms with van der Waals surface area (Å²) in [4.78, 5) is 27.2. The third-order valence-electron chi connectivity index (χ3n) is 4.35. The zero-order valence-corrected chi connectivity index (χ0v) is 17.0. The summed E-state index contributed by atoms with van der Waals surface area (Å²) in [6.07, 6.45) is 3.05. The predicted molar refractivity (Wildman–Crippen MR) is 117 cm³/mol. The molecule has 3 rings (SSSR count). The number of amides is 1. The molecule has 1 heterocycles. The SMILES string of the molecule is Cl.O=C(C(=Cc1ccc(F)cc1)n1ccccc1=O)N(CCO)Cc1ccccc1. The molecule has 0 saturated heterocycles. The number of nitrogens with zero attached hydrogens (tertiary/aromatic N) is 2. The number of halogens is 2. The van der Waals surface area contributed by atoms with Gasteiger partial charge in [-0.2, -0.15) is 0 Å². The first-order valence-electron chi connectivity index (χ1n) is 9.18. The van der Waals surface area contributed by atoms with Gasteiger partial charge in [-0.3, -0.25) is 14.2 Å². The van der Waals surface area contributed by atoms with Gasteiger partial charge in [-0.15, -0.1) is 12.4 Å². The molecule has 7 heteroatoms. The minimum atomic E-state index is -0.416. The van der Waals surface area contributed by atoms with Crippen molar-refractivity contribution in [1.29, 1.82) is 0 Å². The lowest BCUT2D eigenvalue weighted by atomic mass is 10.1. The molecule has 5 nitrogen and oxygen atoms in total. The van der Waals surface area contributed by atoms with Gasteiger partial charge in [0.15, 0.2) is 0 Å². The Morgan fingerprint density at radius 1 is 1.00 bits per heavy atom. The highest BCUT2D eigenvalue weighted by Gasteiger charge is 2.20. The molecule has 156 valence electrons. The average Bonchev–Trinajstić information content (AvgIpc) is 2.74. The number of aliphatic hydroxyl groups is 1. The normalized spacial score (nSPS) is 10.9. The summed E-state index contributed by atoms with van der Waals surface area (Å²) in [6, 6.07) is 19.6. The van der Waals surface area contributed by atoms with Gasteiger partial charge >= 0.3 is 0 Å². The summed E-state index contributed by atoms with van der Waals surface area (Å²) >= 11 is 0. The molecule has 0 aliphatic rings. The van der Waals surface area contributed by atoms with Crippen LogP contribution in [-0.4, -0.2) is 33.6 Å². The van der Waals surface area contributed by atoms with Gasteiger partial charge in [-0.25, -0.2) is 4.39 Å². The number of pyridine rings is 1. The van der Waals surface area contributed by atoms with Crippen LogP contribution in [0.1, 0.15) is 11.1 Å². The van der Waals surface area contributed by atoms with Crippen molar-refractivity contribution in [2.45, 2.75) is 6.54 Å². The number of hydrogen-bond donors (Lipinski definition) is 1. The maximum absolute atomic E-state index is 13.4. The molecule has 1 aromatic heterocycles. The van der Waals surface area contributed by atoms with Crippen LogP contribution in [0, 0.1) is 5.82 Å². The number of rotatable bonds is 7. The molecule has 0 aliphatic carbocycles. The first-order valence-corrected chi connectivity index (χ1v) is 9.18. The van der Waals surface area contributed by atoms with Crippen LogP contribution in [0.25, 0.3) is 11.8 Å². The highest BCUT2D eigenvalue weighted by Crippen LogP contribution is 2.16. The Bertz CT molecular complexity index is 1050. The van der Waals surface area contributed by atoms with Crippen LogP contribution < -0.4 is 5.56 Å². The van der Waals surface area contributed by atoms with E-state index in [9.17, 15) is 19.1 Å². The molecule has 0 fully saturated rings. The van der Waals surface area contributed by atoms with Crippen molar-refractivity contribution in [3.8, 4) is 0 Å². The van der Waals surface area contributed by atoms with Crippen LogP contribution >= 0.6 is 12.4 Å². The fourth-order valence-electron chi connectivity index (χ4n) is 2.92. The van der Waals surface area contributed by atoms with E-state index in [0.717, 1.165) is 5.56 Å². The number of aromatic nitrogens is 1. The molecule has 30 heavy (non-hydrogen) atoms. The van der Waals surface area contributed by atoms with E-state index < -0.39 is 11.7 Å². The molecule has 3 aromatic rings. The zero-order chi connectivity index (χ0) is 20.6. The van der Waals surface area contributed by atoms with E-state index in [0.29, 0.717) is 5.56 Å². The van der Waals surface area contributed by atoms with Gasteiger partial charge < -0.3 is 10.0 Å². The second-order valence-corrected chi connectivity index (χ2v) is 6.43. The molecule has 0 saturated carbocycles. The highest BCUT2D eigenvalue weighted by molar-refractivity contribution is 6.18. The standard InChI is InChI=1S/C23H21FN2O3.ClH/c24-20-11-9-18(10-12-20)16-21(26-13-5-4-8-22(26)28)23(29)25(14-15-27)17-19-6-2-1-3-7-19;/h1-13,16,27H,14-15,17H2;1H. The van der Waals surface area contributed by atoms with E-state index in [4.69, 9.17) is 0 Å². The molecule has 0 aliphatic heterocycles. The second-order valence-electron chi connectivity index (χ2n) is 6.43. The Balaban J connectivity index is 0.00000320. The van der Waals surface area contributed by atoms with Gasteiger partial charge in [0, 0.05) is 25.4 Å². The van der Waals surface area contributed by atoms with Crippen molar-refractivity contribution in [3.63, 3.8) is 0 Å². The number of carbonyl (C=O) groups excluding carboxylic acids is 1. The minimum Gasteiger partial charge on any atom is -0.395 e. The monoisotopic (exact) mass is 428 g/mol. The maximum atomic E-state index is 13.4. The zero-order valence-electron chi connectivity index (χ0n) is 16.1. The Labute approximate surface area is 180 Å². The summed E-state index contributed by atoms with van der Waals surface area (Å²) in [5.41, 5.74) is 1.23. The predicted octanol–water partition coefficient (Wildman–Crippen LogP) is 3.43. The third-order valence-corrected chi connectivity index (χ3v) is 4.35. The molecular formula is C23H22ClFN2O3. The van der Waals surface area contributed by atoms with Gasteiger partial charge in [0.2, 0.25) is 0 Å². The first-order chi connectivity index (χ1) is 14.1. The largest absolute Gasteiger partial charge is 0.395 e. The third kappa shape index (κ3) is 5.89. The number of hydrogen-bond acceptors (Lipinski definition) is 3. The summed E-state index contributed by atoms with van der Waals surface area (Å²) in [5, 5.41) is 9.47. The quantitative estimate of drug-likeness (QED) is 0.586. The van der Waals surface area contributed by atoms with Crippen molar-refractivity contribution in [2.75, 3.05) is 13.2 Å². The Morgan fingerprint density at radius 2 is 1.67 bits per heavy atom. The van der Waals surface area contributed by atoms with Crippen LogP contribution in [0.2, 0.25) is 0 Å². The van der Waals surface area contributed by atoms with Gasteiger partial charge in [0.05, 0.1) is 6.61 Å². The van der Waals surface area contributed by atoms with Gasteiger partial charge in [-0.05, 0) is 35.4 Å². The average molecular weight is 429 g/mol. The van der Waals surface area contributed by atoms with Gasteiger partial charge in [0.1, 0.15) is 11.5 Å². The van der Waals surface area contributed by atoms with Crippen molar-refractivity contribution in [1.82, 2.24) is 9.47 Å². The van der Waals surface area contributed by atoms with E-state index >= 15 is 0 Å². The fraction of sp³-hybridized carbons (Fsp3) is 0.130. The molecule has 0 atom stereocenters. The van der Waals surface area contributed by atoms with E-state index in [-0.39, 0.29) is 43.4 Å². The van der Waals surface area contributed by atoms with Crippen molar-refractivity contribution >= 4 is 30.1 Å². The molecule has 0 spiro atoms. The van der Waals surface area contributed by atoms with E-state index in [1.807, 2.05) is 30.3 Å². The molecule has 0 unspecified atom stereocenters. The lowest BCUT2D eigenvalue weighted by Gasteiger charge is -2.24. The van der Waals surface area contributed by atoms with Crippen LogP contribution in [0.3, 0.4) is 0 Å². The molecule has 1 N–H and O–H groups in total. The molecule has 0 radical (unpaired) electrons. The lowest BCUT2D eigenvalue weighted by Crippen LogP contribution is -2.36. The number of benzene rings is 2.